The van der Waals surface area contributed by atoms with E-state index in [0.717, 1.165) is 13.0 Å². The van der Waals surface area contributed by atoms with Crippen molar-refractivity contribution in [2.24, 2.45) is 5.92 Å². The number of aromatic nitrogens is 3. The van der Waals surface area contributed by atoms with Crippen molar-refractivity contribution in [2.75, 3.05) is 13.2 Å². The highest BCUT2D eigenvalue weighted by Crippen LogP contribution is 2.19. The van der Waals surface area contributed by atoms with Crippen LogP contribution in [0.25, 0.3) is 0 Å². The van der Waals surface area contributed by atoms with E-state index < -0.39 is 0 Å². The fraction of sp³-hybridized carbons (Fsp3) is 0.438. The molecule has 0 unspecified atom stereocenters. The maximum absolute atomic E-state index is 12.3. The van der Waals surface area contributed by atoms with Crippen LogP contribution < -0.4 is 5.32 Å². The normalized spacial score (nSPS) is 21.0. The molecule has 0 radical (unpaired) electrons. The Bertz CT molecular complexity index is 626. The van der Waals surface area contributed by atoms with Crippen LogP contribution >= 0.6 is 0 Å². The van der Waals surface area contributed by atoms with Crippen LogP contribution in [0.2, 0.25) is 0 Å². The van der Waals surface area contributed by atoms with Crippen LogP contribution in [0.3, 0.4) is 0 Å². The Morgan fingerprint density at radius 3 is 2.91 bits per heavy atom. The van der Waals surface area contributed by atoms with Gasteiger partial charge in [0.2, 0.25) is 0 Å². The number of carbonyl (C=O) groups is 1. The first-order valence-electron chi connectivity index (χ1n) is 7.57. The first-order valence-corrected chi connectivity index (χ1v) is 7.57. The van der Waals surface area contributed by atoms with Gasteiger partial charge in [0.15, 0.2) is 0 Å². The Kier molecular flexibility index (Phi) is 4.48. The van der Waals surface area contributed by atoms with Crippen LogP contribution in [-0.2, 0) is 17.7 Å². The third-order valence-corrected chi connectivity index (χ3v) is 3.96. The Hall–Kier alpha value is -2.21. The summed E-state index contributed by atoms with van der Waals surface area (Å²) >= 11 is 0. The second-order valence-corrected chi connectivity index (χ2v) is 5.49. The zero-order chi connectivity index (χ0) is 15.4. The smallest absolute Gasteiger partial charge is 0.272 e. The number of rotatable bonds is 5. The molecule has 2 aromatic rings. The molecule has 6 nitrogen and oxygen atoms in total. The summed E-state index contributed by atoms with van der Waals surface area (Å²) < 4.78 is 7.29. The van der Waals surface area contributed by atoms with Crippen LogP contribution in [-0.4, -0.2) is 39.9 Å². The number of nitrogens with one attached hydrogen (secondary N) is 1. The van der Waals surface area contributed by atoms with E-state index in [1.165, 1.54) is 5.56 Å². The Labute approximate surface area is 129 Å². The summed E-state index contributed by atoms with van der Waals surface area (Å²) in [5, 5.41) is 7.28. The van der Waals surface area contributed by atoms with Crippen LogP contribution in [0, 0.1) is 5.92 Å². The molecule has 0 spiro atoms. The molecule has 1 fully saturated rings. The van der Waals surface area contributed by atoms with E-state index in [-0.39, 0.29) is 17.9 Å². The van der Waals surface area contributed by atoms with E-state index in [1.807, 2.05) is 25.3 Å². The molecule has 1 saturated heterocycles. The Morgan fingerprint density at radius 1 is 1.36 bits per heavy atom. The summed E-state index contributed by atoms with van der Waals surface area (Å²) in [7, 11) is 0. The number of pyridine rings is 1. The lowest BCUT2D eigenvalue weighted by Gasteiger charge is -2.18. The number of hydrogen-bond donors (Lipinski definition) is 1. The van der Waals surface area contributed by atoms with E-state index in [0.29, 0.717) is 18.9 Å². The highest BCUT2D eigenvalue weighted by Gasteiger charge is 2.30. The molecule has 0 aromatic carbocycles. The summed E-state index contributed by atoms with van der Waals surface area (Å²) in [5.41, 5.74) is 1.66. The number of aryl methyl sites for hydroxylation is 1. The van der Waals surface area contributed by atoms with Crippen molar-refractivity contribution in [3.63, 3.8) is 0 Å². The number of carbonyl (C=O) groups excluding carboxylic acids is 1. The molecular weight excluding hydrogens is 280 g/mol. The quantitative estimate of drug-likeness (QED) is 0.903. The number of hydrogen-bond acceptors (Lipinski definition) is 4. The zero-order valence-corrected chi connectivity index (χ0v) is 12.6. The fourth-order valence-electron chi connectivity index (χ4n) is 2.68. The van der Waals surface area contributed by atoms with E-state index in [1.54, 1.807) is 23.1 Å². The minimum Gasteiger partial charge on any atom is -0.379 e. The van der Waals surface area contributed by atoms with Crippen LogP contribution in [0.4, 0.5) is 0 Å². The Balaban J connectivity index is 1.62. The molecule has 2 aromatic heterocycles. The van der Waals surface area contributed by atoms with Crippen molar-refractivity contribution in [3.8, 4) is 0 Å². The number of nitrogens with zero attached hydrogens (tertiary/aromatic N) is 3. The first kappa shape index (κ1) is 14.7. The van der Waals surface area contributed by atoms with Crippen molar-refractivity contribution < 1.29 is 9.53 Å². The maximum Gasteiger partial charge on any atom is 0.272 e. The van der Waals surface area contributed by atoms with Gasteiger partial charge < -0.3 is 10.1 Å². The molecule has 6 heteroatoms. The standard InChI is InChI=1S/C16H20N4O2/c1-2-20-8-5-14(19-20)16(21)18-15-11-22-10-13(15)9-12-3-6-17-7-4-12/h3-8,13,15H,2,9-11H2,1H3,(H,18,21)/t13-,15+/m1/s1. The second-order valence-electron chi connectivity index (χ2n) is 5.49. The van der Waals surface area contributed by atoms with Crippen molar-refractivity contribution in [3.05, 3.63) is 48.0 Å². The molecule has 2 atom stereocenters. The van der Waals surface area contributed by atoms with Gasteiger partial charge in [-0.3, -0.25) is 14.5 Å². The van der Waals surface area contributed by atoms with Gasteiger partial charge in [0.05, 0.1) is 19.3 Å². The van der Waals surface area contributed by atoms with Gasteiger partial charge in [0.1, 0.15) is 5.69 Å². The third-order valence-electron chi connectivity index (χ3n) is 3.96. The summed E-state index contributed by atoms with van der Waals surface area (Å²) in [6.45, 7) is 3.96. The third kappa shape index (κ3) is 3.33. The van der Waals surface area contributed by atoms with Crippen LogP contribution in [0.15, 0.2) is 36.8 Å². The van der Waals surface area contributed by atoms with Crippen LogP contribution in [0.1, 0.15) is 23.0 Å². The van der Waals surface area contributed by atoms with Gasteiger partial charge in [-0.25, -0.2) is 0 Å². The van der Waals surface area contributed by atoms with Crippen molar-refractivity contribution in [1.29, 1.82) is 0 Å². The summed E-state index contributed by atoms with van der Waals surface area (Å²) in [6, 6.07) is 5.76. The van der Waals surface area contributed by atoms with E-state index in [2.05, 4.69) is 15.4 Å². The molecule has 1 amide bonds. The van der Waals surface area contributed by atoms with Crippen molar-refractivity contribution in [2.45, 2.75) is 25.9 Å². The molecule has 3 heterocycles. The summed E-state index contributed by atoms with van der Waals surface area (Å²) in [6.07, 6.45) is 6.26. The SMILES string of the molecule is CCn1ccc(C(=O)N[C@H]2COC[C@H]2Cc2ccncc2)n1. The lowest BCUT2D eigenvalue weighted by molar-refractivity contribution is 0.0919. The molecule has 22 heavy (non-hydrogen) atoms. The minimum absolute atomic E-state index is 0.0208. The number of amides is 1. The van der Waals surface area contributed by atoms with Crippen molar-refractivity contribution in [1.82, 2.24) is 20.1 Å². The van der Waals surface area contributed by atoms with Crippen LogP contribution in [0.5, 0.6) is 0 Å². The lowest BCUT2D eigenvalue weighted by Crippen LogP contribution is -2.40. The molecule has 0 saturated carbocycles. The molecule has 1 aliphatic rings. The summed E-state index contributed by atoms with van der Waals surface area (Å²) in [5.74, 6) is 0.141. The average Bonchev–Trinajstić information content (AvgIpc) is 3.18. The van der Waals surface area contributed by atoms with Gasteiger partial charge in [0.25, 0.3) is 5.91 Å². The monoisotopic (exact) mass is 300 g/mol. The molecule has 0 aliphatic carbocycles. The molecule has 0 bridgehead atoms. The van der Waals surface area contributed by atoms with Gasteiger partial charge in [-0.1, -0.05) is 0 Å². The van der Waals surface area contributed by atoms with E-state index in [9.17, 15) is 4.79 Å². The summed E-state index contributed by atoms with van der Waals surface area (Å²) in [4.78, 5) is 16.3. The van der Waals surface area contributed by atoms with Gasteiger partial charge >= 0.3 is 0 Å². The average molecular weight is 300 g/mol. The molecular formula is C16H20N4O2. The molecule has 1 aliphatic heterocycles. The highest BCUT2D eigenvalue weighted by molar-refractivity contribution is 5.92. The topological polar surface area (TPSA) is 69.0 Å². The largest absolute Gasteiger partial charge is 0.379 e. The Morgan fingerprint density at radius 2 is 2.18 bits per heavy atom. The zero-order valence-electron chi connectivity index (χ0n) is 12.6. The van der Waals surface area contributed by atoms with Gasteiger partial charge in [-0.2, -0.15) is 5.10 Å². The predicted octanol–water partition coefficient (Wildman–Crippen LogP) is 1.29. The molecule has 3 rings (SSSR count). The maximum atomic E-state index is 12.3. The second kappa shape index (κ2) is 6.70. The molecule has 116 valence electrons. The predicted molar refractivity (Wildman–Crippen MR) is 81.4 cm³/mol. The van der Waals surface area contributed by atoms with E-state index >= 15 is 0 Å². The first-order chi connectivity index (χ1) is 10.8. The van der Waals surface area contributed by atoms with Gasteiger partial charge in [-0.05, 0) is 37.1 Å². The van der Waals surface area contributed by atoms with E-state index in [4.69, 9.17) is 4.74 Å². The minimum atomic E-state index is -0.137. The fourth-order valence-corrected chi connectivity index (χ4v) is 2.68. The van der Waals surface area contributed by atoms with Gasteiger partial charge in [-0.15, -0.1) is 0 Å². The molecule has 1 N–H and O–H groups in total. The van der Waals surface area contributed by atoms with Gasteiger partial charge in [0, 0.05) is 31.1 Å². The highest BCUT2D eigenvalue weighted by atomic mass is 16.5. The lowest BCUT2D eigenvalue weighted by atomic mass is 9.95. The number of ether oxygens (including phenoxy) is 1. The van der Waals surface area contributed by atoms with Crippen molar-refractivity contribution >= 4 is 5.91 Å².